The van der Waals surface area contributed by atoms with Gasteiger partial charge in [0.2, 0.25) is 11.8 Å². The molecule has 1 N–H and O–H groups in total. The zero-order chi connectivity index (χ0) is 17.7. The van der Waals surface area contributed by atoms with Crippen molar-refractivity contribution in [2.24, 2.45) is 0 Å². The van der Waals surface area contributed by atoms with E-state index in [4.69, 9.17) is 9.26 Å². The predicted molar refractivity (Wildman–Crippen MR) is 90.2 cm³/mol. The molecule has 0 saturated carbocycles. The molecule has 0 fully saturated rings. The van der Waals surface area contributed by atoms with Crippen LogP contribution in [-0.2, 0) is 21.6 Å². The lowest BCUT2D eigenvalue weighted by Gasteiger charge is -2.16. The largest absolute Gasteiger partial charge is 0.364 e. The van der Waals surface area contributed by atoms with Crippen molar-refractivity contribution in [3.63, 3.8) is 0 Å². The highest BCUT2D eigenvalue weighted by Gasteiger charge is 2.25. The minimum absolute atomic E-state index is 0.197. The molecule has 1 amide bonds. The molecule has 0 spiro atoms. The molecule has 2 atom stereocenters. The molecule has 1 aromatic carbocycles. The highest BCUT2D eigenvalue weighted by molar-refractivity contribution is 5.80. The van der Waals surface area contributed by atoms with Gasteiger partial charge in [-0.25, -0.2) is 0 Å². The number of carbonyl (C=O) groups excluding carboxylic acids is 1. The second-order valence-electron chi connectivity index (χ2n) is 6.88. The van der Waals surface area contributed by atoms with E-state index < -0.39 is 6.10 Å². The van der Waals surface area contributed by atoms with Crippen LogP contribution >= 0.6 is 0 Å². The Morgan fingerprint density at radius 3 is 2.50 bits per heavy atom. The number of aromatic nitrogens is 2. The lowest BCUT2D eigenvalue weighted by Crippen LogP contribution is -2.36. The molecule has 1 aromatic heterocycles. The fraction of sp³-hybridized carbons (Fsp3) is 0.500. The Balaban J connectivity index is 1.87. The maximum atomic E-state index is 12.2. The molecule has 0 aliphatic heterocycles. The number of nitrogens with zero attached hydrogens (tertiary/aromatic N) is 2. The van der Waals surface area contributed by atoms with Gasteiger partial charge in [-0.2, -0.15) is 4.98 Å². The van der Waals surface area contributed by atoms with Gasteiger partial charge >= 0.3 is 0 Å². The molecule has 0 unspecified atom stereocenters. The molecular weight excluding hydrogens is 306 g/mol. The lowest BCUT2D eigenvalue weighted by molar-refractivity contribution is -0.133. The van der Waals surface area contributed by atoms with E-state index in [-0.39, 0.29) is 17.4 Å². The molecule has 130 valence electrons. The van der Waals surface area contributed by atoms with Gasteiger partial charge in [0, 0.05) is 5.41 Å². The Morgan fingerprint density at radius 2 is 1.92 bits per heavy atom. The number of hydrogen-bond donors (Lipinski definition) is 1. The van der Waals surface area contributed by atoms with E-state index in [1.54, 1.807) is 6.92 Å². The van der Waals surface area contributed by atoms with Crippen molar-refractivity contribution >= 4 is 5.91 Å². The van der Waals surface area contributed by atoms with Gasteiger partial charge in [-0.3, -0.25) is 4.79 Å². The fourth-order valence-electron chi connectivity index (χ4n) is 1.98. The number of benzene rings is 1. The van der Waals surface area contributed by atoms with Gasteiger partial charge in [0.05, 0.1) is 6.61 Å². The van der Waals surface area contributed by atoms with Crippen LogP contribution in [0.5, 0.6) is 0 Å². The van der Waals surface area contributed by atoms with Crippen molar-refractivity contribution in [3.8, 4) is 0 Å². The first-order valence-electron chi connectivity index (χ1n) is 8.07. The average molecular weight is 331 g/mol. The number of ether oxygens (including phenoxy) is 1. The van der Waals surface area contributed by atoms with E-state index in [1.165, 1.54) is 0 Å². The number of carbonyl (C=O) groups is 1. The van der Waals surface area contributed by atoms with Gasteiger partial charge in [-0.05, 0) is 19.4 Å². The van der Waals surface area contributed by atoms with Gasteiger partial charge in [-0.15, -0.1) is 0 Å². The average Bonchev–Trinajstić information content (AvgIpc) is 3.04. The second kappa shape index (κ2) is 7.57. The second-order valence-corrected chi connectivity index (χ2v) is 6.88. The molecular formula is C18H25N3O3. The zero-order valence-corrected chi connectivity index (χ0v) is 14.9. The van der Waals surface area contributed by atoms with Crippen molar-refractivity contribution in [1.29, 1.82) is 0 Å². The van der Waals surface area contributed by atoms with Gasteiger partial charge in [0.15, 0.2) is 5.82 Å². The van der Waals surface area contributed by atoms with Crippen LogP contribution in [0.25, 0.3) is 0 Å². The van der Waals surface area contributed by atoms with Crippen LogP contribution in [-0.4, -0.2) is 22.2 Å². The summed E-state index contributed by atoms with van der Waals surface area (Å²) >= 11 is 0. The summed E-state index contributed by atoms with van der Waals surface area (Å²) in [6.07, 6.45) is -0.572. The molecule has 0 aliphatic carbocycles. The van der Waals surface area contributed by atoms with Gasteiger partial charge in [0.25, 0.3) is 0 Å². The monoisotopic (exact) mass is 331 g/mol. The maximum Gasteiger partial charge on any atom is 0.249 e. The summed E-state index contributed by atoms with van der Waals surface area (Å²) in [5.41, 5.74) is 0.828. The lowest BCUT2D eigenvalue weighted by atomic mass is 9.96. The Kier molecular flexibility index (Phi) is 5.72. The van der Waals surface area contributed by atoms with Crippen LogP contribution < -0.4 is 5.32 Å². The normalized spacial score (nSPS) is 14.2. The third kappa shape index (κ3) is 4.89. The molecule has 6 nitrogen and oxygen atoms in total. The van der Waals surface area contributed by atoms with Crippen molar-refractivity contribution in [1.82, 2.24) is 15.5 Å². The fourth-order valence-corrected chi connectivity index (χ4v) is 1.98. The van der Waals surface area contributed by atoms with Crippen LogP contribution in [0.1, 0.15) is 57.9 Å². The molecule has 24 heavy (non-hydrogen) atoms. The molecule has 0 bridgehead atoms. The van der Waals surface area contributed by atoms with Crippen molar-refractivity contribution in [3.05, 3.63) is 47.6 Å². The van der Waals surface area contributed by atoms with Crippen LogP contribution in [0, 0.1) is 0 Å². The standard InChI is InChI=1S/C18H25N3O3/c1-12(16-20-17(21-24-16)18(3,4)5)19-15(22)13(2)23-11-14-9-7-6-8-10-14/h6-10,12-13H,11H2,1-5H3,(H,19,22)/t12-,13+/m1/s1. The van der Waals surface area contributed by atoms with Crippen molar-refractivity contribution in [2.45, 2.75) is 58.8 Å². The first-order valence-corrected chi connectivity index (χ1v) is 8.07. The topological polar surface area (TPSA) is 77.2 Å². The summed E-state index contributed by atoms with van der Waals surface area (Å²) < 4.78 is 10.9. The van der Waals surface area contributed by atoms with Crippen LogP contribution in [0.15, 0.2) is 34.9 Å². The van der Waals surface area contributed by atoms with Crippen LogP contribution in [0.2, 0.25) is 0 Å². The Bertz CT molecular complexity index is 662. The summed E-state index contributed by atoms with van der Waals surface area (Å²) in [5.74, 6) is 0.796. The van der Waals surface area contributed by atoms with E-state index in [0.717, 1.165) is 5.56 Å². The minimum atomic E-state index is -0.572. The highest BCUT2D eigenvalue weighted by atomic mass is 16.5. The van der Waals surface area contributed by atoms with E-state index in [0.29, 0.717) is 18.3 Å². The Labute approximate surface area is 142 Å². The van der Waals surface area contributed by atoms with Crippen molar-refractivity contribution < 1.29 is 14.1 Å². The minimum Gasteiger partial charge on any atom is -0.364 e. The third-order valence-corrected chi connectivity index (χ3v) is 3.55. The Morgan fingerprint density at radius 1 is 1.25 bits per heavy atom. The maximum absolute atomic E-state index is 12.2. The van der Waals surface area contributed by atoms with Crippen molar-refractivity contribution in [2.75, 3.05) is 0 Å². The molecule has 0 aliphatic rings. The third-order valence-electron chi connectivity index (χ3n) is 3.55. The van der Waals surface area contributed by atoms with Crippen LogP contribution in [0.4, 0.5) is 0 Å². The number of hydrogen-bond acceptors (Lipinski definition) is 5. The number of rotatable bonds is 6. The molecule has 2 rings (SSSR count). The van der Waals surface area contributed by atoms with Gasteiger partial charge in [0.1, 0.15) is 12.1 Å². The molecule has 2 aromatic rings. The van der Waals surface area contributed by atoms with Crippen LogP contribution in [0.3, 0.4) is 0 Å². The summed E-state index contributed by atoms with van der Waals surface area (Å²) in [7, 11) is 0. The number of amides is 1. The molecule has 0 saturated heterocycles. The van der Waals surface area contributed by atoms with E-state index in [1.807, 2.05) is 58.0 Å². The first kappa shape index (κ1) is 18.1. The SMILES string of the molecule is C[C@H](OCc1ccccc1)C(=O)N[C@H](C)c1nc(C(C)(C)C)no1. The quantitative estimate of drug-likeness (QED) is 0.880. The van der Waals surface area contributed by atoms with E-state index in [2.05, 4.69) is 15.5 Å². The summed E-state index contributed by atoms with van der Waals surface area (Å²) in [4.78, 5) is 16.6. The molecule has 1 heterocycles. The van der Waals surface area contributed by atoms with E-state index >= 15 is 0 Å². The van der Waals surface area contributed by atoms with Gasteiger partial charge in [-0.1, -0.05) is 56.3 Å². The van der Waals surface area contributed by atoms with Gasteiger partial charge < -0.3 is 14.6 Å². The summed E-state index contributed by atoms with van der Waals surface area (Å²) in [5, 5.41) is 6.80. The smallest absolute Gasteiger partial charge is 0.249 e. The Hall–Kier alpha value is -2.21. The number of nitrogens with one attached hydrogen (secondary N) is 1. The predicted octanol–water partition coefficient (Wildman–Crippen LogP) is 3.15. The molecule has 0 radical (unpaired) electrons. The molecule has 6 heteroatoms. The summed E-state index contributed by atoms with van der Waals surface area (Å²) in [6, 6.07) is 9.36. The first-order chi connectivity index (χ1) is 11.3. The highest BCUT2D eigenvalue weighted by Crippen LogP contribution is 2.20. The van der Waals surface area contributed by atoms with E-state index in [9.17, 15) is 4.79 Å². The zero-order valence-electron chi connectivity index (χ0n) is 14.9. The summed E-state index contributed by atoms with van der Waals surface area (Å²) in [6.45, 7) is 9.93.